The predicted molar refractivity (Wildman–Crippen MR) is 137 cm³/mol. The summed E-state index contributed by atoms with van der Waals surface area (Å²) in [6, 6.07) is 23.4. The van der Waals surface area contributed by atoms with E-state index < -0.39 is 5.41 Å². The van der Waals surface area contributed by atoms with Crippen LogP contribution in [0.3, 0.4) is 0 Å². The SMILES string of the molecule is CN(C(=O)c1ccc(NC(=O)CNc2cccc(NC(=O)C(C)(C)C)c2)cc1)c1ccccc1. The van der Waals surface area contributed by atoms with Crippen molar-refractivity contribution in [2.24, 2.45) is 5.41 Å². The number of rotatable bonds is 7. The number of amides is 3. The smallest absolute Gasteiger partial charge is 0.258 e. The number of carbonyl (C=O) groups excluding carboxylic acids is 3. The molecule has 0 spiro atoms. The lowest BCUT2D eigenvalue weighted by Crippen LogP contribution is -2.27. The molecule has 0 radical (unpaired) electrons. The van der Waals surface area contributed by atoms with Crippen LogP contribution in [0.15, 0.2) is 78.9 Å². The average Bonchev–Trinajstić information content (AvgIpc) is 2.82. The highest BCUT2D eigenvalue weighted by atomic mass is 16.2. The molecule has 3 amide bonds. The normalized spacial score (nSPS) is 10.8. The number of hydrogen-bond acceptors (Lipinski definition) is 4. The summed E-state index contributed by atoms with van der Waals surface area (Å²) >= 11 is 0. The molecule has 0 aliphatic heterocycles. The lowest BCUT2D eigenvalue weighted by molar-refractivity contribution is -0.123. The van der Waals surface area contributed by atoms with Crippen molar-refractivity contribution in [3.63, 3.8) is 0 Å². The van der Waals surface area contributed by atoms with Gasteiger partial charge in [-0.3, -0.25) is 14.4 Å². The molecule has 7 nitrogen and oxygen atoms in total. The third-order valence-corrected chi connectivity index (χ3v) is 5.12. The van der Waals surface area contributed by atoms with Gasteiger partial charge in [-0.05, 0) is 54.6 Å². The Morgan fingerprint density at radius 3 is 2.06 bits per heavy atom. The van der Waals surface area contributed by atoms with E-state index in [0.29, 0.717) is 22.6 Å². The molecule has 0 saturated heterocycles. The van der Waals surface area contributed by atoms with E-state index in [2.05, 4.69) is 16.0 Å². The van der Waals surface area contributed by atoms with Gasteiger partial charge in [-0.25, -0.2) is 0 Å². The topological polar surface area (TPSA) is 90.5 Å². The first-order chi connectivity index (χ1) is 16.1. The van der Waals surface area contributed by atoms with E-state index in [1.165, 1.54) is 0 Å². The summed E-state index contributed by atoms with van der Waals surface area (Å²) in [6.07, 6.45) is 0. The van der Waals surface area contributed by atoms with Crippen LogP contribution in [0.4, 0.5) is 22.7 Å². The Morgan fingerprint density at radius 1 is 0.765 bits per heavy atom. The Morgan fingerprint density at radius 2 is 1.41 bits per heavy atom. The zero-order valence-corrected chi connectivity index (χ0v) is 19.9. The van der Waals surface area contributed by atoms with Gasteiger partial charge in [0.15, 0.2) is 0 Å². The lowest BCUT2D eigenvalue weighted by Gasteiger charge is -2.18. The number of nitrogens with one attached hydrogen (secondary N) is 3. The molecular formula is C27H30N4O3. The van der Waals surface area contributed by atoms with Crippen LogP contribution in [0.5, 0.6) is 0 Å². The Bertz CT molecular complexity index is 1150. The second kappa shape index (κ2) is 10.7. The van der Waals surface area contributed by atoms with Gasteiger partial charge in [0, 0.05) is 40.8 Å². The zero-order valence-electron chi connectivity index (χ0n) is 19.9. The van der Waals surface area contributed by atoms with Gasteiger partial charge in [0.2, 0.25) is 11.8 Å². The summed E-state index contributed by atoms with van der Waals surface area (Å²) in [7, 11) is 1.72. The van der Waals surface area contributed by atoms with Gasteiger partial charge in [-0.1, -0.05) is 45.0 Å². The van der Waals surface area contributed by atoms with E-state index >= 15 is 0 Å². The van der Waals surface area contributed by atoms with Gasteiger partial charge in [0.05, 0.1) is 6.54 Å². The van der Waals surface area contributed by atoms with Gasteiger partial charge in [0.25, 0.3) is 5.91 Å². The number of carbonyl (C=O) groups is 3. The van der Waals surface area contributed by atoms with Crippen LogP contribution in [-0.2, 0) is 9.59 Å². The van der Waals surface area contributed by atoms with Crippen LogP contribution < -0.4 is 20.9 Å². The standard InChI is InChI=1S/C27H30N4O3/c1-27(2,3)26(34)30-22-10-8-9-21(17-22)28-18-24(32)29-20-15-13-19(14-16-20)25(33)31(4)23-11-6-5-7-12-23/h5-17,28H,18H2,1-4H3,(H,29,32)(H,30,34). The van der Waals surface area contributed by atoms with Gasteiger partial charge in [0.1, 0.15) is 0 Å². The van der Waals surface area contributed by atoms with Gasteiger partial charge < -0.3 is 20.9 Å². The summed E-state index contributed by atoms with van der Waals surface area (Å²) in [4.78, 5) is 38.8. The number of hydrogen-bond donors (Lipinski definition) is 3. The second-order valence-corrected chi connectivity index (χ2v) is 8.96. The van der Waals surface area contributed by atoms with Gasteiger partial charge in [-0.15, -0.1) is 0 Å². The third-order valence-electron chi connectivity index (χ3n) is 5.12. The second-order valence-electron chi connectivity index (χ2n) is 8.96. The van der Waals surface area contributed by atoms with Crippen molar-refractivity contribution in [3.05, 3.63) is 84.4 Å². The zero-order chi connectivity index (χ0) is 24.7. The van der Waals surface area contributed by atoms with E-state index in [0.717, 1.165) is 5.69 Å². The lowest BCUT2D eigenvalue weighted by atomic mass is 9.95. The van der Waals surface area contributed by atoms with E-state index in [4.69, 9.17) is 0 Å². The Labute approximate surface area is 200 Å². The van der Waals surface area contributed by atoms with Crippen LogP contribution in [0.25, 0.3) is 0 Å². The molecule has 0 atom stereocenters. The summed E-state index contributed by atoms with van der Waals surface area (Å²) < 4.78 is 0. The molecule has 0 aromatic heterocycles. The highest BCUT2D eigenvalue weighted by Gasteiger charge is 2.21. The number of para-hydroxylation sites is 1. The fraction of sp³-hybridized carbons (Fsp3) is 0.222. The maximum atomic E-state index is 12.7. The molecule has 7 heteroatoms. The van der Waals surface area contributed by atoms with Crippen molar-refractivity contribution >= 4 is 40.5 Å². The summed E-state index contributed by atoms with van der Waals surface area (Å²) in [6.45, 7) is 5.59. The molecule has 0 heterocycles. The maximum absolute atomic E-state index is 12.7. The van der Waals surface area contributed by atoms with Crippen molar-refractivity contribution in [1.29, 1.82) is 0 Å². The summed E-state index contributed by atoms with van der Waals surface area (Å²) in [5.74, 6) is -0.451. The van der Waals surface area contributed by atoms with Crippen LogP contribution in [0, 0.1) is 5.41 Å². The van der Waals surface area contributed by atoms with Crippen LogP contribution >= 0.6 is 0 Å². The fourth-order valence-electron chi connectivity index (χ4n) is 3.07. The van der Waals surface area contributed by atoms with Gasteiger partial charge >= 0.3 is 0 Å². The molecule has 0 unspecified atom stereocenters. The molecule has 3 aromatic carbocycles. The molecule has 0 aliphatic rings. The molecule has 0 fully saturated rings. The minimum atomic E-state index is -0.500. The maximum Gasteiger partial charge on any atom is 0.258 e. The Balaban J connectivity index is 1.53. The molecule has 0 saturated carbocycles. The average molecular weight is 459 g/mol. The molecule has 0 bridgehead atoms. The van der Waals surface area contributed by atoms with E-state index in [9.17, 15) is 14.4 Å². The van der Waals surface area contributed by atoms with Crippen LogP contribution in [0.1, 0.15) is 31.1 Å². The largest absolute Gasteiger partial charge is 0.376 e. The van der Waals surface area contributed by atoms with Gasteiger partial charge in [-0.2, -0.15) is 0 Å². The minimum absolute atomic E-state index is 0.0497. The summed E-state index contributed by atoms with van der Waals surface area (Å²) in [5.41, 5.74) is 2.80. The highest BCUT2D eigenvalue weighted by molar-refractivity contribution is 6.06. The summed E-state index contributed by atoms with van der Waals surface area (Å²) in [5, 5.41) is 8.74. The Kier molecular flexibility index (Phi) is 7.68. The molecule has 3 rings (SSSR count). The first kappa shape index (κ1) is 24.5. The van der Waals surface area contributed by atoms with E-state index in [-0.39, 0.29) is 24.3 Å². The first-order valence-corrected chi connectivity index (χ1v) is 11.0. The highest BCUT2D eigenvalue weighted by Crippen LogP contribution is 2.20. The molecule has 0 aliphatic carbocycles. The molecule has 3 N–H and O–H groups in total. The molecule has 176 valence electrons. The van der Waals surface area contributed by atoms with E-state index in [1.807, 2.05) is 57.2 Å². The number of benzene rings is 3. The molecule has 34 heavy (non-hydrogen) atoms. The van der Waals surface area contributed by atoms with Crippen molar-refractivity contribution < 1.29 is 14.4 Å². The van der Waals surface area contributed by atoms with Crippen molar-refractivity contribution in [3.8, 4) is 0 Å². The van der Waals surface area contributed by atoms with Crippen molar-refractivity contribution in [2.45, 2.75) is 20.8 Å². The quantitative estimate of drug-likeness (QED) is 0.465. The predicted octanol–water partition coefficient (Wildman–Crippen LogP) is 5.00. The van der Waals surface area contributed by atoms with Crippen LogP contribution in [0.2, 0.25) is 0 Å². The van der Waals surface area contributed by atoms with Crippen molar-refractivity contribution in [2.75, 3.05) is 34.4 Å². The monoisotopic (exact) mass is 458 g/mol. The van der Waals surface area contributed by atoms with E-state index in [1.54, 1.807) is 54.4 Å². The number of nitrogens with zero attached hydrogens (tertiary/aromatic N) is 1. The van der Waals surface area contributed by atoms with Crippen molar-refractivity contribution in [1.82, 2.24) is 0 Å². The fourth-order valence-corrected chi connectivity index (χ4v) is 3.07. The van der Waals surface area contributed by atoms with Crippen LogP contribution in [-0.4, -0.2) is 31.3 Å². The number of anilines is 4. The Hall–Kier alpha value is -4.13. The minimum Gasteiger partial charge on any atom is -0.376 e. The molecule has 3 aromatic rings. The molecular weight excluding hydrogens is 428 g/mol. The third kappa shape index (κ3) is 6.68. The first-order valence-electron chi connectivity index (χ1n) is 11.0.